The van der Waals surface area contributed by atoms with Crippen LogP contribution in [-0.4, -0.2) is 20.6 Å². The topological polar surface area (TPSA) is 33.5 Å². The number of benzene rings is 4. The van der Waals surface area contributed by atoms with Gasteiger partial charge in [0.2, 0.25) is 0 Å². The van der Waals surface area contributed by atoms with Gasteiger partial charge in [0.05, 0.1) is 22.4 Å². The van der Waals surface area contributed by atoms with Crippen LogP contribution in [0.1, 0.15) is 84.6 Å². The monoisotopic (exact) mass is 698 g/mol. The summed E-state index contributed by atoms with van der Waals surface area (Å²) in [5.74, 6) is 2.47. The average molecular weight is 699 g/mol. The van der Waals surface area contributed by atoms with Gasteiger partial charge in [0.15, 0.2) is 0 Å². The van der Waals surface area contributed by atoms with Gasteiger partial charge in [-0.15, -0.1) is 0 Å². The van der Waals surface area contributed by atoms with Crippen molar-refractivity contribution in [2.75, 3.05) is 4.90 Å². The Bertz CT molecular complexity index is 2430. The molecule has 4 heterocycles. The number of nitrogens with zero attached hydrogens (tertiary/aromatic N) is 4. The summed E-state index contributed by atoms with van der Waals surface area (Å²) in [6.45, 7) is 20.6. The normalized spacial score (nSPS) is 16.1. The van der Waals surface area contributed by atoms with Crippen molar-refractivity contribution < 1.29 is 4.74 Å². The van der Waals surface area contributed by atoms with Crippen molar-refractivity contribution in [3.8, 4) is 17.3 Å². The average Bonchev–Trinajstić information content (AvgIpc) is 3.66. The van der Waals surface area contributed by atoms with Gasteiger partial charge in [-0.05, 0) is 87.6 Å². The zero-order chi connectivity index (χ0) is 37.3. The van der Waals surface area contributed by atoms with E-state index in [1.165, 1.54) is 33.2 Å². The number of para-hydroxylation sites is 2. The van der Waals surface area contributed by atoms with Gasteiger partial charge in [-0.25, -0.2) is 4.98 Å². The van der Waals surface area contributed by atoms with E-state index in [9.17, 15) is 0 Å². The first-order chi connectivity index (χ1) is 25.2. The Morgan fingerprint density at radius 2 is 1.30 bits per heavy atom. The predicted octanol–water partition coefficient (Wildman–Crippen LogP) is 12.4. The second-order valence-corrected chi connectivity index (χ2v) is 17.5. The second kappa shape index (κ2) is 12.5. The molecule has 8 rings (SSSR count). The molecule has 0 spiro atoms. The van der Waals surface area contributed by atoms with Crippen LogP contribution in [0.2, 0.25) is 0 Å². The van der Waals surface area contributed by atoms with E-state index in [2.05, 4.69) is 198 Å². The third-order valence-electron chi connectivity index (χ3n) is 10.5. The number of hydrogen-bond acceptors (Lipinski definition) is 4. The molecule has 2 aliphatic rings. The third-order valence-corrected chi connectivity index (χ3v) is 10.5. The van der Waals surface area contributed by atoms with Gasteiger partial charge in [-0.1, -0.05) is 117 Å². The summed E-state index contributed by atoms with van der Waals surface area (Å²) in [5, 5.41) is 2.36. The van der Waals surface area contributed by atoms with Crippen molar-refractivity contribution >= 4 is 33.2 Å². The number of ether oxygens (including phenoxy) is 1. The van der Waals surface area contributed by atoms with Crippen LogP contribution in [0, 0.1) is 0 Å². The maximum Gasteiger partial charge on any atom is 0.137 e. The molecular weight excluding hydrogens is 649 g/mol. The van der Waals surface area contributed by atoms with Crippen LogP contribution in [-0.2, 0) is 16.2 Å². The fourth-order valence-corrected chi connectivity index (χ4v) is 7.79. The van der Waals surface area contributed by atoms with Crippen LogP contribution >= 0.6 is 0 Å². The molecule has 0 radical (unpaired) electrons. The number of rotatable bonds is 5. The highest BCUT2D eigenvalue weighted by Crippen LogP contribution is 2.46. The SMILES string of the molecule is CC(C)(C)c1ccnc(-n2c3ccccc3c3ccc(Oc4cccc(C5=CN(c6c(C(C)(C)C)cccc6C(C)(C)C)C6C=CC=CN56)c4)cc32)c1. The molecule has 6 aromatic rings. The molecule has 4 aromatic carbocycles. The first-order valence-corrected chi connectivity index (χ1v) is 18.7. The van der Waals surface area contributed by atoms with Gasteiger partial charge >= 0.3 is 0 Å². The van der Waals surface area contributed by atoms with Crippen LogP contribution in [0.3, 0.4) is 0 Å². The zero-order valence-corrected chi connectivity index (χ0v) is 32.5. The van der Waals surface area contributed by atoms with Crippen molar-refractivity contribution in [2.24, 2.45) is 0 Å². The van der Waals surface area contributed by atoms with E-state index < -0.39 is 0 Å². The smallest absolute Gasteiger partial charge is 0.137 e. The lowest BCUT2D eigenvalue weighted by Crippen LogP contribution is -2.38. The zero-order valence-electron chi connectivity index (χ0n) is 32.5. The van der Waals surface area contributed by atoms with Crippen LogP contribution < -0.4 is 9.64 Å². The van der Waals surface area contributed by atoms with E-state index in [1.54, 1.807) is 0 Å². The molecule has 5 heteroatoms. The molecule has 268 valence electrons. The molecule has 0 saturated heterocycles. The molecule has 53 heavy (non-hydrogen) atoms. The third kappa shape index (κ3) is 6.22. The summed E-state index contributed by atoms with van der Waals surface area (Å²) in [6, 6.07) is 34.6. The Morgan fingerprint density at radius 3 is 2.04 bits per heavy atom. The number of anilines is 1. The number of hydrogen-bond donors (Lipinski definition) is 0. The fourth-order valence-electron chi connectivity index (χ4n) is 7.79. The highest BCUT2D eigenvalue weighted by molar-refractivity contribution is 6.09. The molecule has 2 aromatic heterocycles. The summed E-state index contributed by atoms with van der Waals surface area (Å²) >= 11 is 0. The van der Waals surface area contributed by atoms with Gasteiger partial charge in [0.25, 0.3) is 0 Å². The van der Waals surface area contributed by atoms with Crippen LogP contribution in [0.4, 0.5) is 5.69 Å². The summed E-state index contributed by atoms with van der Waals surface area (Å²) in [4.78, 5) is 9.70. The minimum Gasteiger partial charge on any atom is -0.457 e. The Labute approximate surface area is 314 Å². The van der Waals surface area contributed by atoms with Crippen molar-refractivity contribution in [2.45, 2.75) is 84.7 Å². The molecule has 0 amide bonds. The van der Waals surface area contributed by atoms with E-state index in [0.29, 0.717) is 0 Å². The molecule has 1 atom stereocenters. The van der Waals surface area contributed by atoms with E-state index in [-0.39, 0.29) is 22.4 Å². The van der Waals surface area contributed by atoms with E-state index in [1.807, 2.05) is 12.3 Å². The van der Waals surface area contributed by atoms with Gasteiger partial charge in [0, 0.05) is 41.0 Å². The van der Waals surface area contributed by atoms with E-state index in [4.69, 9.17) is 9.72 Å². The largest absolute Gasteiger partial charge is 0.457 e. The lowest BCUT2D eigenvalue weighted by Gasteiger charge is -2.38. The maximum absolute atomic E-state index is 6.70. The number of aromatic nitrogens is 2. The first-order valence-electron chi connectivity index (χ1n) is 18.7. The highest BCUT2D eigenvalue weighted by Gasteiger charge is 2.37. The number of allylic oxidation sites excluding steroid dienone is 2. The Morgan fingerprint density at radius 1 is 0.604 bits per heavy atom. The Balaban J connectivity index is 1.20. The summed E-state index contributed by atoms with van der Waals surface area (Å²) < 4.78 is 8.96. The molecule has 1 unspecified atom stereocenters. The second-order valence-electron chi connectivity index (χ2n) is 17.5. The standard InChI is InChI=1S/C48H50N4O/c1-46(2,3)33-25-26-49-43(29-33)52-40-21-11-10-18-36(40)37-24-23-35(30-41(37)52)53-34-17-14-16-32(28-34)42-31-51(44-22-12-13-27-50(42)44)45-38(47(4,5)6)19-15-20-39(45)48(7,8)9/h10-31,44H,1-9H3. The van der Waals surface area contributed by atoms with Crippen LogP contribution in [0.5, 0.6) is 11.5 Å². The van der Waals surface area contributed by atoms with Gasteiger partial charge in [-0.2, -0.15) is 0 Å². The molecule has 0 bridgehead atoms. The lowest BCUT2D eigenvalue weighted by atomic mass is 9.78. The fraction of sp³-hybridized carbons (Fsp3) is 0.271. The van der Waals surface area contributed by atoms with Crippen molar-refractivity contribution in [3.05, 3.63) is 156 Å². The van der Waals surface area contributed by atoms with E-state index in [0.717, 1.165) is 39.6 Å². The summed E-state index contributed by atoms with van der Waals surface area (Å²) in [7, 11) is 0. The van der Waals surface area contributed by atoms with Crippen LogP contribution in [0.15, 0.2) is 134 Å². The van der Waals surface area contributed by atoms with Crippen molar-refractivity contribution in [3.63, 3.8) is 0 Å². The predicted molar refractivity (Wildman–Crippen MR) is 222 cm³/mol. The number of fused-ring (bicyclic) bond motifs is 4. The molecule has 2 aliphatic heterocycles. The minimum atomic E-state index is -0.0295. The highest BCUT2D eigenvalue weighted by atomic mass is 16.5. The van der Waals surface area contributed by atoms with Gasteiger partial charge < -0.3 is 14.5 Å². The molecular formula is C48H50N4O. The quantitative estimate of drug-likeness (QED) is 0.179. The Hall–Kier alpha value is -5.55. The summed E-state index contributed by atoms with van der Waals surface area (Å²) in [5.41, 5.74) is 9.58. The molecule has 0 N–H and O–H groups in total. The Kier molecular flexibility index (Phi) is 8.17. The number of pyridine rings is 1. The molecule has 5 nitrogen and oxygen atoms in total. The first kappa shape index (κ1) is 34.5. The van der Waals surface area contributed by atoms with Gasteiger partial charge in [0.1, 0.15) is 23.5 Å². The van der Waals surface area contributed by atoms with Crippen molar-refractivity contribution in [1.82, 2.24) is 14.5 Å². The van der Waals surface area contributed by atoms with E-state index >= 15 is 0 Å². The molecule has 0 aliphatic carbocycles. The lowest BCUT2D eigenvalue weighted by molar-refractivity contribution is 0.464. The minimum absolute atomic E-state index is 0.00662. The molecule has 0 saturated carbocycles. The van der Waals surface area contributed by atoms with Crippen molar-refractivity contribution in [1.29, 1.82) is 0 Å². The van der Waals surface area contributed by atoms with Gasteiger partial charge in [-0.3, -0.25) is 4.57 Å². The molecule has 0 fully saturated rings. The summed E-state index contributed by atoms with van der Waals surface area (Å²) in [6.07, 6.45) is 13.0. The maximum atomic E-state index is 6.70. The van der Waals surface area contributed by atoms with Crippen LogP contribution in [0.25, 0.3) is 33.3 Å².